The van der Waals surface area contributed by atoms with Crippen LogP contribution in [0.4, 0.5) is 0 Å². The van der Waals surface area contributed by atoms with E-state index in [-0.39, 0.29) is 47.5 Å². The summed E-state index contributed by atoms with van der Waals surface area (Å²) in [5.41, 5.74) is 0.973. The van der Waals surface area contributed by atoms with Crippen LogP contribution in [0.15, 0.2) is 30.3 Å². The van der Waals surface area contributed by atoms with E-state index in [1.165, 1.54) is 0 Å². The van der Waals surface area contributed by atoms with Crippen LogP contribution in [0.25, 0.3) is 42.1 Å². The van der Waals surface area contributed by atoms with Crippen LogP contribution in [0.1, 0.15) is 0 Å². The Morgan fingerprint density at radius 3 is 1.76 bits per heavy atom. The molecule has 2 rings (SSSR count). The zero-order valence-electron chi connectivity index (χ0n) is 8.95. The smallest absolute Gasteiger partial charge is 0.693 e. The molecular formula is C7H16CoN9-2. The maximum atomic E-state index is 3.84. The number of H-pyrrole nitrogens is 1. The molecule has 11 N–H and O–H groups in total. The molecule has 0 amide bonds. The molecule has 100 valence electrons. The van der Waals surface area contributed by atoms with Gasteiger partial charge in [0.15, 0.2) is 0 Å². The molecular weight excluding hydrogens is 269 g/mol. The predicted molar refractivity (Wildman–Crippen MR) is 66.0 cm³/mol. The van der Waals surface area contributed by atoms with E-state index in [1.54, 1.807) is 0 Å². The van der Waals surface area contributed by atoms with E-state index in [0.717, 1.165) is 5.56 Å². The molecule has 17 heavy (non-hydrogen) atoms. The minimum atomic E-state index is 0. The number of hydrogen-bond acceptors (Lipinski definition) is 3. The van der Waals surface area contributed by atoms with Crippen molar-refractivity contribution in [2.24, 2.45) is 0 Å². The molecule has 10 heteroatoms. The van der Waals surface area contributed by atoms with Gasteiger partial charge >= 0.3 is 16.8 Å². The fourth-order valence-corrected chi connectivity index (χ4v) is 0.871. The van der Waals surface area contributed by atoms with Gasteiger partial charge in [-0.05, 0) is 5.21 Å². The quantitative estimate of drug-likeness (QED) is 0.801. The van der Waals surface area contributed by atoms with E-state index in [9.17, 15) is 0 Å². The molecule has 0 unspecified atom stereocenters. The first-order valence-electron chi connectivity index (χ1n) is 3.26. The molecule has 0 aliphatic rings. The van der Waals surface area contributed by atoms with Gasteiger partial charge in [-0.25, -0.2) is 0 Å². The van der Waals surface area contributed by atoms with Crippen molar-refractivity contribution in [3.63, 3.8) is 0 Å². The first-order valence-corrected chi connectivity index (χ1v) is 3.26. The van der Waals surface area contributed by atoms with Gasteiger partial charge in [0.25, 0.3) is 0 Å². The van der Waals surface area contributed by atoms with Gasteiger partial charge < -0.3 is 30.8 Å². The summed E-state index contributed by atoms with van der Waals surface area (Å²) >= 11 is 0. The van der Waals surface area contributed by atoms with Crippen molar-refractivity contribution in [2.45, 2.75) is 0 Å². The van der Waals surface area contributed by atoms with Crippen LogP contribution in [0, 0.1) is 0 Å². The van der Waals surface area contributed by atoms with Gasteiger partial charge in [0, 0.05) is 5.56 Å². The number of nitrogens with one attached hydrogen (secondary N) is 1. The predicted octanol–water partition coefficient (Wildman–Crippen LogP) is 4.45. The van der Waals surface area contributed by atoms with Crippen molar-refractivity contribution in [1.29, 1.82) is 0 Å². The minimum absolute atomic E-state index is 0. The molecule has 1 aromatic heterocycles. The van der Waals surface area contributed by atoms with E-state index in [4.69, 9.17) is 0 Å². The second-order valence-corrected chi connectivity index (χ2v) is 2.10. The van der Waals surface area contributed by atoms with Crippen LogP contribution in [-0.4, -0.2) is 20.6 Å². The van der Waals surface area contributed by atoms with Crippen molar-refractivity contribution in [1.82, 2.24) is 20.6 Å². The summed E-state index contributed by atoms with van der Waals surface area (Å²) in [7, 11) is 0. The molecule has 1 heterocycles. The molecule has 0 radical (unpaired) electrons. The van der Waals surface area contributed by atoms with Crippen molar-refractivity contribution >= 4 is 0 Å². The normalized spacial score (nSPS) is 6.35. The summed E-state index contributed by atoms with van der Waals surface area (Å²) in [5, 5.41) is 13.5. The Balaban J connectivity index is -0.0000000800. The molecule has 0 spiro atoms. The summed E-state index contributed by atoms with van der Waals surface area (Å²) in [5.74, 6) is 0.630. The number of rotatable bonds is 1. The number of nitrogens with zero attached hydrogens (tertiary/aromatic N) is 3. The Kier molecular flexibility index (Phi) is 25.4. The summed E-state index contributed by atoms with van der Waals surface area (Å²) < 4.78 is 0. The Hall–Kier alpha value is -1.40. The number of hydrogen-bond donors (Lipinski definition) is 1. The minimum Gasteiger partial charge on any atom is -0.693 e. The Labute approximate surface area is 110 Å². The van der Waals surface area contributed by atoms with Crippen molar-refractivity contribution in [3.8, 4) is 11.4 Å². The maximum absolute atomic E-state index is 3.84. The standard InChI is InChI=1S/C7H6N4.Co.5H2N/c1-2-4-6(5-3-1)7-8-10-11-9-7;;;;;;/h1-5H,(H,8,9,10,11);;5*1H2/q;+3;5*-1. The molecule has 0 saturated carbocycles. The molecule has 0 aliphatic heterocycles. The zero-order chi connectivity index (χ0) is 7.52. The summed E-state index contributed by atoms with van der Waals surface area (Å²) in [6.45, 7) is 0. The average Bonchev–Trinajstić information content (AvgIpc) is 2.58. The molecule has 9 nitrogen and oxygen atoms in total. The van der Waals surface area contributed by atoms with Crippen LogP contribution in [-0.2, 0) is 16.8 Å². The van der Waals surface area contributed by atoms with E-state index in [2.05, 4.69) is 20.6 Å². The third-order valence-corrected chi connectivity index (χ3v) is 1.38. The summed E-state index contributed by atoms with van der Waals surface area (Å²) in [6.07, 6.45) is 0. The molecule has 0 saturated heterocycles. The molecule has 0 bridgehead atoms. The van der Waals surface area contributed by atoms with Crippen LogP contribution in [0.2, 0.25) is 0 Å². The van der Waals surface area contributed by atoms with E-state index >= 15 is 0 Å². The first kappa shape index (κ1) is 29.6. The number of benzene rings is 1. The van der Waals surface area contributed by atoms with E-state index in [1.807, 2.05) is 30.3 Å². The summed E-state index contributed by atoms with van der Waals surface area (Å²) in [6, 6.07) is 9.69. The first-order chi connectivity index (χ1) is 5.47. The van der Waals surface area contributed by atoms with Gasteiger partial charge in [0.2, 0.25) is 5.82 Å². The SMILES string of the molecule is [Co+3].[NH2-].[NH2-].[NH2-].[NH2-].[NH2-].c1ccc(-c2nn[nH]n2)cc1. The molecule has 0 fully saturated rings. The number of aromatic nitrogens is 4. The average molecular weight is 285 g/mol. The van der Waals surface area contributed by atoms with Gasteiger partial charge in [-0.15, -0.1) is 10.2 Å². The van der Waals surface area contributed by atoms with Crippen LogP contribution >= 0.6 is 0 Å². The fourth-order valence-electron chi connectivity index (χ4n) is 0.871. The number of tetrazole rings is 1. The molecule has 2 aromatic rings. The molecule has 1 aromatic carbocycles. The number of nitrogens with two attached hydrogens (primary N) is 5. The third kappa shape index (κ3) is 7.48. The fraction of sp³-hybridized carbons (Fsp3) is 0. The van der Waals surface area contributed by atoms with Gasteiger partial charge in [-0.1, -0.05) is 30.3 Å². The monoisotopic (exact) mass is 285 g/mol. The Bertz CT molecular complexity index is 324. The Morgan fingerprint density at radius 1 is 0.824 bits per heavy atom. The topological polar surface area (TPSA) is 222 Å². The second-order valence-electron chi connectivity index (χ2n) is 2.10. The third-order valence-electron chi connectivity index (χ3n) is 1.38. The van der Waals surface area contributed by atoms with E-state index < -0.39 is 0 Å². The van der Waals surface area contributed by atoms with Crippen molar-refractivity contribution in [2.75, 3.05) is 0 Å². The van der Waals surface area contributed by atoms with Gasteiger partial charge in [-0.2, -0.15) is 5.21 Å². The zero-order valence-corrected chi connectivity index (χ0v) is 9.99. The molecule has 0 aliphatic carbocycles. The van der Waals surface area contributed by atoms with Gasteiger partial charge in [-0.3, -0.25) is 0 Å². The molecule has 0 atom stereocenters. The number of aromatic amines is 1. The van der Waals surface area contributed by atoms with E-state index in [0.29, 0.717) is 5.82 Å². The van der Waals surface area contributed by atoms with Crippen molar-refractivity contribution in [3.05, 3.63) is 61.1 Å². The maximum Gasteiger partial charge on any atom is 3.00 e. The van der Waals surface area contributed by atoms with Crippen LogP contribution < -0.4 is 0 Å². The second kappa shape index (κ2) is 14.6. The van der Waals surface area contributed by atoms with Crippen molar-refractivity contribution < 1.29 is 16.8 Å². The Morgan fingerprint density at radius 2 is 1.35 bits per heavy atom. The summed E-state index contributed by atoms with van der Waals surface area (Å²) in [4.78, 5) is 0. The van der Waals surface area contributed by atoms with Gasteiger partial charge in [0.05, 0.1) is 0 Å². The largest absolute Gasteiger partial charge is 3.00 e. The van der Waals surface area contributed by atoms with Crippen LogP contribution in [0.5, 0.6) is 0 Å². The van der Waals surface area contributed by atoms with Crippen LogP contribution in [0.3, 0.4) is 0 Å². The van der Waals surface area contributed by atoms with Gasteiger partial charge in [0.1, 0.15) is 0 Å².